The Bertz CT molecular complexity index is 1140. The first-order chi connectivity index (χ1) is 15.9. The van der Waals surface area contributed by atoms with Gasteiger partial charge >= 0.3 is 0 Å². The molecule has 0 saturated carbocycles. The van der Waals surface area contributed by atoms with Gasteiger partial charge in [-0.3, -0.25) is 9.59 Å². The molecule has 0 aliphatic rings. The first kappa shape index (κ1) is 29.0. The van der Waals surface area contributed by atoms with E-state index in [2.05, 4.69) is 22.2 Å². The molecule has 34 heavy (non-hydrogen) atoms. The van der Waals surface area contributed by atoms with Gasteiger partial charge in [0.15, 0.2) is 9.59 Å². The maximum Gasteiger partial charge on any atom is 0.255 e. The molecular formula is C25H30FIN4O3. The van der Waals surface area contributed by atoms with E-state index in [1.54, 1.807) is 68.5 Å². The van der Waals surface area contributed by atoms with Crippen LogP contribution in [-0.2, 0) is 22.6 Å². The molecule has 182 valence electrons. The zero-order chi connectivity index (χ0) is 26.1. The molecule has 3 unspecified atom stereocenters. The lowest BCUT2D eigenvalue weighted by atomic mass is 9.88. The number of allylic oxidation sites excluding steroid dienone is 2. The average molecular weight is 580 g/mol. The third-order valence-corrected chi connectivity index (χ3v) is 5.40. The number of nitrogens with two attached hydrogens (primary N) is 1. The minimum Gasteiger partial charge on any atom is -0.477 e. The SMILES string of the molecule is C#CC(C)(O/C=C\C)C(/N=C(/N)C(C)(C#C)C(=O)NCc1cccn(CC(F)I)c1=O)=C(C)C. The van der Waals surface area contributed by atoms with E-state index >= 15 is 0 Å². The van der Waals surface area contributed by atoms with Crippen LogP contribution in [0.2, 0.25) is 0 Å². The van der Waals surface area contributed by atoms with E-state index in [1.165, 1.54) is 23.9 Å². The molecule has 1 aromatic rings. The van der Waals surface area contributed by atoms with Gasteiger partial charge in [0.2, 0.25) is 11.5 Å². The predicted molar refractivity (Wildman–Crippen MR) is 142 cm³/mol. The topological polar surface area (TPSA) is 98.7 Å². The van der Waals surface area contributed by atoms with Crippen molar-refractivity contribution in [2.45, 2.75) is 57.5 Å². The summed E-state index contributed by atoms with van der Waals surface area (Å²) in [5.41, 5.74) is 4.25. The summed E-state index contributed by atoms with van der Waals surface area (Å²) >= 11 is 1.58. The lowest BCUT2D eigenvalue weighted by Crippen LogP contribution is -2.47. The highest BCUT2D eigenvalue weighted by molar-refractivity contribution is 14.1. The fraction of sp³-hybridized carbons (Fsp3) is 0.400. The molecule has 0 bridgehead atoms. The van der Waals surface area contributed by atoms with E-state index in [0.29, 0.717) is 5.70 Å². The summed E-state index contributed by atoms with van der Waals surface area (Å²) in [5.74, 6) is 4.16. The summed E-state index contributed by atoms with van der Waals surface area (Å²) in [6.07, 6.45) is 16.0. The minimum atomic E-state index is -1.64. The molecule has 0 aliphatic carbocycles. The maximum absolute atomic E-state index is 13.3. The Kier molecular flexibility index (Phi) is 10.6. The van der Waals surface area contributed by atoms with Gasteiger partial charge in [-0.25, -0.2) is 9.38 Å². The molecule has 0 spiro atoms. The predicted octanol–water partition coefficient (Wildman–Crippen LogP) is 3.43. The van der Waals surface area contributed by atoms with E-state index in [9.17, 15) is 14.0 Å². The van der Waals surface area contributed by atoms with E-state index in [4.69, 9.17) is 23.3 Å². The van der Waals surface area contributed by atoms with Gasteiger partial charge in [0.25, 0.3) is 5.56 Å². The van der Waals surface area contributed by atoms with Crippen LogP contribution in [-0.4, -0.2) is 26.1 Å². The van der Waals surface area contributed by atoms with Crippen LogP contribution in [0.15, 0.2) is 51.7 Å². The zero-order valence-corrected chi connectivity index (χ0v) is 22.1. The number of carbonyl (C=O) groups excluding carboxylic acids is 1. The van der Waals surface area contributed by atoms with Crippen molar-refractivity contribution < 1.29 is 13.9 Å². The van der Waals surface area contributed by atoms with Crippen molar-refractivity contribution in [1.82, 2.24) is 9.88 Å². The van der Waals surface area contributed by atoms with Gasteiger partial charge in [-0.1, -0.05) is 24.0 Å². The minimum absolute atomic E-state index is 0.0996. The molecule has 1 heterocycles. The number of halogens is 2. The van der Waals surface area contributed by atoms with Crippen molar-refractivity contribution in [2.24, 2.45) is 16.1 Å². The van der Waals surface area contributed by atoms with Gasteiger partial charge in [-0.2, -0.15) is 0 Å². The molecule has 1 aromatic heterocycles. The standard InChI is InChI=1S/C25H30FIN4O3/c1-8-14-34-25(7,10-3)20(17(4)5)30-22(28)24(6,9-2)23(33)29-15-18-12-11-13-31(21(18)32)16-19(26)27/h2-3,8,11-14,19H,15-16H2,1,4-7H3,(H2,28,30)(H,29,33)/b14-8-. The molecule has 0 aromatic carbocycles. The van der Waals surface area contributed by atoms with Gasteiger partial charge in [0.1, 0.15) is 5.84 Å². The number of hydrogen-bond donors (Lipinski definition) is 2. The highest BCUT2D eigenvalue weighted by Crippen LogP contribution is 2.28. The van der Waals surface area contributed by atoms with Crippen LogP contribution in [0, 0.1) is 30.1 Å². The summed E-state index contributed by atoms with van der Waals surface area (Å²) in [6, 6.07) is 3.15. The number of terminal acetylenes is 2. The van der Waals surface area contributed by atoms with Crippen LogP contribution in [0.3, 0.4) is 0 Å². The second kappa shape index (κ2) is 12.4. The fourth-order valence-corrected chi connectivity index (χ4v) is 3.34. The zero-order valence-electron chi connectivity index (χ0n) is 20.0. The Hall–Kier alpha value is -3.05. The largest absolute Gasteiger partial charge is 0.477 e. The number of alkyl halides is 2. The summed E-state index contributed by atoms with van der Waals surface area (Å²) in [7, 11) is 0. The fourth-order valence-electron chi connectivity index (χ4n) is 2.91. The maximum atomic E-state index is 13.3. The highest BCUT2D eigenvalue weighted by Gasteiger charge is 2.38. The molecule has 1 rings (SSSR count). The number of pyridine rings is 1. The molecule has 0 fully saturated rings. The van der Waals surface area contributed by atoms with Crippen LogP contribution < -0.4 is 16.6 Å². The van der Waals surface area contributed by atoms with E-state index in [0.717, 1.165) is 5.57 Å². The monoisotopic (exact) mass is 580 g/mol. The molecule has 7 nitrogen and oxygen atoms in total. The smallest absolute Gasteiger partial charge is 0.255 e. The summed E-state index contributed by atoms with van der Waals surface area (Å²) in [6.45, 7) is 8.21. The molecule has 0 aliphatic heterocycles. The van der Waals surface area contributed by atoms with Gasteiger partial charge in [0, 0.05) is 18.3 Å². The molecule has 9 heteroatoms. The van der Waals surface area contributed by atoms with Crippen molar-refractivity contribution >= 4 is 34.3 Å². The lowest BCUT2D eigenvalue weighted by molar-refractivity contribution is -0.125. The van der Waals surface area contributed by atoms with Gasteiger partial charge in [-0.05, 0) is 68.8 Å². The van der Waals surface area contributed by atoms with Crippen molar-refractivity contribution in [3.63, 3.8) is 0 Å². The van der Waals surface area contributed by atoms with Crippen LogP contribution in [0.4, 0.5) is 4.39 Å². The number of rotatable bonds is 10. The summed E-state index contributed by atoms with van der Waals surface area (Å²) in [4.78, 5) is 30.0. The van der Waals surface area contributed by atoms with Crippen LogP contribution in [0.1, 0.15) is 40.2 Å². The Morgan fingerprint density at radius 1 is 1.41 bits per heavy atom. The normalized spacial score (nSPS) is 15.9. The van der Waals surface area contributed by atoms with Crippen molar-refractivity contribution in [3.05, 3.63) is 57.9 Å². The first-order valence-corrected chi connectivity index (χ1v) is 11.6. The third-order valence-electron chi connectivity index (χ3n) is 5.00. The Balaban J connectivity index is 3.26. The lowest BCUT2D eigenvalue weighted by Gasteiger charge is -2.28. The van der Waals surface area contributed by atoms with E-state index < -0.39 is 26.7 Å². The van der Waals surface area contributed by atoms with E-state index in [-0.39, 0.29) is 24.5 Å². The quantitative estimate of drug-likeness (QED) is 0.111. The molecule has 3 N–H and O–H groups in total. The van der Waals surface area contributed by atoms with Crippen molar-refractivity contribution in [1.29, 1.82) is 0 Å². The Morgan fingerprint density at radius 3 is 2.56 bits per heavy atom. The third kappa shape index (κ3) is 6.97. The number of carbonyl (C=O) groups is 1. The number of amidine groups is 1. The molecular weight excluding hydrogens is 550 g/mol. The first-order valence-electron chi connectivity index (χ1n) is 10.4. The van der Waals surface area contributed by atoms with E-state index in [1.807, 2.05) is 0 Å². The van der Waals surface area contributed by atoms with Gasteiger partial charge in [-0.15, -0.1) is 12.8 Å². The average Bonchev–Trinajstić information content (AvgIpc) is 2.79. The van der Waals surface area contributed by atoms with Crippen LogP contribution >= 0.6 is 22.6 Å². The number of ether oxygens (including phenoxy) is 1. The highest BCUT2D eigenvalue weighted by atomic mass is 127. The van der Waals surface area contributed by atoms with Crippen LogP contribution in [0.25, 0.3) is 0 Å². The molecule has 1 amide bonds. The van der Waals surface area contributed by atoms with Crippen molar-refractivity contribution in [2.75, 3.05) is 0 Å². The number of nitrogens with one attached hydrogen (secondary N) is 1. The van der Waals surface area contributed by atoms with Crippen molar-refractivity contribution in [3.8, 4) is 24.7 Å². The van der Waals surface area contributed by atoms with Crippen LogP contribution in [0.5, 0.6) is 0 Å². The summed E-state index contributed by atoms with van der Waals surface area (Å²) < 4.78 is 19.0. The summed E-state index contributed by atoms with van der Waals surface area (Å²) in [5, 5.41) is 2.63. The Labute approximate surface area is 213 Å². The number of aromatic nitrogens is 1. The second-order valence-electron chi connectivity index (χ2n) is 7.94. The van der Waals surface area contributed by atoms with Gasteiger partial charge < -0.3 is 20.4 Å². The number of hydrogen-bond acceptors (Lipinski definition) is 4. The molecule has 0 saturated heterocycles. The van der Waals surface area contributed by atoms with Gasteiger partial charge in [0.05, 0.1) is 18.5 Å². The number of amides is 1. The molecule has 3 atom stereocenters. The number of aliphatic imine (C=N–C) groups is 1. The Morgan fingerprint density at radius 2 is 2.06 bits per heavy atom. The number of nitrogens with zero attached hydrogens (tertiary/aromatic N) is 2. The molecule has 0 radical (unpaired) electrons. The second-order valence-corrected chi connectivity index (χ2v) is 9.30.